The minimum absolute atomic E-state index is 0.0646. The number of methoxy groups -OCH3 is 1. The second-order valence-corrected chi connectivity index (χ2v) is 4.05. The van der Waals surface area contributed by atoms with Gasteiger partial charge in [-0.25, -0.2) is 0 Å². The highest BCUT2D eigenvalue weighted by molar-refractivity contribution is 9.10. The van der Waals surface area contributed by atoms with Crippen LogP contribution in [-0.2, 0) is 16.0 Å². The highest BCUT2D eigenvalue weighted by Gasteiger charge is 2.10. The molecule has 0 amide bonds. The van der Waals surface area contributed by atoms with Crippen LogP contribution in [0, 0.1) is 11.3 Å². The third kappa shape index (κ3) is 2.95. The number of hydrogen-bond donors (Lipinski definition) is 0. The van der Waals surface area contributed by atoms with Crippen molar-refractivity contribution in [2.75, 3.05) is 7.11 Å². The number of carbonyl (C=O) groups excluding carboxylic acids is 1. The number of benzene rings is 1. The van der Waals surface area contributed by atoms with E-state index in [4.69, 9.17) is 16.9 Å². The summed E-state index contributed by atoms with van der Waals surface area (Å²) < 4.78 is 5.18. The Hall–Kier alpha value is -1.05. The van der Waals surface area contributed by atoms with Gasteiger partial charge in [0, 0.05) is 4.47 Å². The van der Waals surface area contributed by atoms with Gasteiger partial charge in [-0.2, -0.15) is 5.26 Å². The van der Waals surface area contributed by atoms with Crippen LogP contribution in [0.2, 0.25) is 5.02 Å². The van der Waals surface area contributed by atoms with Gasteiger partial charge < -0.3 is 4.74 Å². The Balaban J connectivity index is 3.12. The SMILES string of the molecule is COC(=O)Cc1cc(Br)c(Cl)cc1C#N. The molecule has 1 rings (SSSR count). The third-order valence-corrected chi connectivity index (χ3v) is 3.03. The van der Waals surface area contributed by atoms with Gasteiger partial charge in [0.05, 0.1) is 30.2 Å². The molecular weight excluding hydrogens is 281 g/mol. The van der Waals surface area contributed by atoms with Gasteiger partial charge in [-0.3, -0.25) is 4.79 Å². The van der Waals surface area contributed by atoms with Crippen molar-refractivity contribution in [1.29, 1.82) is 5.26 Å². The van der Waals surface area contributed by atoms with Crippen LogP contribution >= 0.6 is 27.5 Å². The van der Waals surface area contributed by atoms with Crippen LogP contribution in [0.4, 0.5) is 0 Å². The average molecular weight is 289 g/mol. The first-order valence-electron chi connectivity index (χ1n) is 4.03. The molecule has 0 aliphatic rings. The maximum Gasteiger partial charge on any atom is 0.310 e. The van der Waals surface area contributed by atoms with Crippen LogP contribution in [0.3, 0.4) is 0 Å². The summed E-state index contributed by atoms with van der Waals surface area (Å²) in [4.78, 5) is 11.1. The summed E-state index contributed by atoms with van der Waals surface area (Å²) in [5, 5.41) is 9.29. The van der Waals surface area contributed by atoms with Gasteiger partial charge in [0.1, 0.15) is 0 Å². The van der Waals surface area contributed by atoms with Crippen molar-refractivity contribution in [3.8, 4) is 6.07 Å². The van der Waals surface area contributed by atoms with Crippen molar-refractivity contribution in [2.24, 2.45) is 0 Å². The fourth-order valence-corrected chi connectivity index (χ4v) is 1.62. The lowest BCUT2D eigenvalue weighted by Crippen LogP contribution is -2.06. The molecule has 3 nitrogen and oxygen atoms in total. The third-order valence-electron chi connectivity index (χ3n) is 1.83. The van der Waals surface area contributed by atoms with Crippen molar-refractivity contribution in [3.05, 3.63) is 32.8 Å². The normalized spacial score (nSPS) is 9.47. The van der Waals surface area contributed by atoms with Gasteiger partial charge in [-0.1, -0.05) is 11.6 Å². The molecule has 78 valence electrons. The molecule has 15 heavy (non-hydrogen) atoms. The van der Waals surface area contributed by atoms with Gasteiger partial charge in [-0.15, -0.1) is 0 Å². The molecule has 0 radical (unpaired) electrons. The van der Waals surface area contributed by atoms with Crippen LogP contribution < -0.4 is 0 Å². The predicted molar refractivity (Wildman–Crippen MR) is 59.6 cm³/mol. The van der Waals surface area contributed by atoms with E-state index in [0.29, 0.717) is 20.6 Å². The highest BCUT2D eigenvalue weighted by atomic mass is 79.9. The smallest absolute Gasteiger partial charge is 0.310 e. The van der Waals surface area contributed by atoms with E-state index in [1.807, 2.05) is 6.07 Å². The molecule has 0 unspecified atom stereocenters. The minimum Gasteiger partial charge on any atom is -0.469 e. The van der Waals surface area contributed by atoms with Gasteiger partial charge >= 0.3 is 5.97 Å². The number of ether oxygens (including phenoxy) is 1. The molecule has 0 fully saturated rings. The van der Waals surface area contributed by atoms with E-state index in [2.05, 4.69) is 20.7 Å². The van der Waals surface area contributed by atoms with E-state index in [9.17, 15) is 4.79 Å². The number of nitrogens with zero attached hydrogens (tertiary/aromatic N) is 1. The summed E-state index contributed by atoms with van der Waals surface area (Å²) in [6.07, 6.45) is 0.0646. The molecule has 0 heterocycles. The zero-order chi connectivity index (χ0) is 11.4. The summed E-state index contributed by atoms with van der Waals surface area (Å²) in [6, 6.07) is 5.15. The molecule has 0 aliphatic heterocycles. The molecule has 0 spiro atoms. The van der Waals surface area contributed by atoms with Gasteiger partial charge in [-0.05, 0) is 33.6 Å². The number of halogens is 2. The van der Waals surface area contributed by atoms with E-state index in [0.717, 1.165) is 0 Å². The molecule has 0 saturated heterocycles. The lowest BCUT2D eigenvalue weighted by molar-refractivity contribution is -0.139. The molecule has 5 heteroatoms. The highest BCUT2D eigenvalue weighted by Crippen LogP contribution is 2.26. The topological polar surface area (TPSA) is 50.1 Å². The van der Waals surface area contributed by atoms with Gasteiger partial charge in [0.25, 0.3) is 0 Å². The first-order valence-corrected chi connectivity index (χ1v) is 5.20. The Morgan fingerprint density at radius 1 is 1.67 bits per heavy atom. The quantitative estimate of drug-likeness (QED) is 0.786. The maximum atomic E-state index is 11.1. The van der Waals surface area contributed by atoms with E-state index in [1.54, 1.807) is 6.07 Å². The molecule has 0 saturated carbocycles. The van der Waals surface area contributed by atoms with Crippen molar-refractivity contribution in [3.63, 3.8) is 0 Å². The van der Waals surface area contributed by atoms with Crippen LogP contribution in [0.5, 0.6) is 0 Å². The molecule has 0 bridgehead atoms. The molecule has 1 aromatic carbocycles. The van der Waals surface area contributed by atoms with Gasteiger partial charge in [0.15, 0.2) is 0 Å². The van der Waals surface area contributed by atoms with Crippen LogP contribution in [0.25, 0.3) is 0 Å². The second-order valence-electron chi connectivity index (χ2n) is 2.79. The standard InChI is InChI=1S/C10H7BrClNO2/c1-15-10(14)4-6-2-8(11)9(12)3-7(6)5-13/h2-3H,4H2,1H3. The Kier molecular flexibility index (Phi) is 4.13. The Labute approximate surface area is 101 Å². The largest absolute Gasteiger partial charge is 0.469 e. The van der Waals surface area contributed by atoms with Crippen LogP contribution in [0.1, 0.15) is 11.1 Å². The van der Waals surface area contributed by atoms with E-state index in [-0.39, 0.29) is 12.4 Å². The fourth-order valence-electron chi connectivity index (χ4n) is 1.07. The van der Waals surface area contributed by atoms with Crippen molar-refractivity contribution in [2.45, 2.75) is 6.42 Å². The molecular formula is C10H7BrClNO2. The van der Waals surface area contributed by atoms with Crippen molar-refractivity contribution in [1.82, 2.24) is 0 Å². The Morgan fingerprint density at radius 2 is 2.33 bits per heavy atom. The van der Waals surface area contributed by atoms with Gasteiger partial charge in [0.2, 0.25) is 0 Å². The predicted octanol–water partition coefficient (Wildman–Crippen LogP) is 2.69. The summed E-state index contributed by atoms with van der Waals surface area (Å²) in [5.41, 5.74) is 0.981. The Bertz CT molecular complexity index is 440. The Morgan fingerprint density at radius 3 is 2.87 bits per heavy atom. The lowest BCUT2D eigenvalue weighted by Gasteiger charge is -2.04. The lowest BCUT2D eigenvalue weighted by atomic mass is 10.1. The zero-order valence-electron chi connectivity index (χ0n) is 7.88. The molecule has 0 N–H and O–H groups in total. The fraction of sp³-hybridized carbons (Fsp3) is 0.200. The second kappa shape index (κ2) is 5.15. The monoisotopic (exact) mass is 287 g/mol. The zero-order valence-corrected chi connectivity index (χ0v) is 10.2. The van der Waals surface area contributed by atoms with Crippen molar-refractivity contribution >= 4 is 33.5 Å². The number of esters is 1. The van der Waals surface area contributed by atoms with Crippen LogP contribution in [0.15, 0.2) is 16.6 Å². The number of hydrogen-bond acceptors (Lipinski definition) is 3. The number of rotatable bonds is 2. The summed E-state index contributed by atoms with van der Waals surface area (Å²) in [7, 11) is 1.30. The van der Waals surface area contributed by atoms with Crippen LogP contribution in [-0.4, -0.2) is 13.1 Å². The summed E-state index contributed by atoms with van der Waals surface area (Å²) >= 11 is 9.05. The number of nitriles is 1. The first kappa shape index (κ1) is 12.0. The van der Waals surface area contributed by atoms with E-state index >= 15 is 0 Å². The van der Waals surface area contributed by atoms with E-state index in [1.165, 1.54) is 13.2 Å². The molecule has 0 aromatic heterocycles. The van der Waals surface area contributed by atoms with E-state index < -0.39 is 0 Å². The average Bonchev–Trinajstić information content (AvgIpc) is 2.22. The minimum atomic E-state index is -0.388. The summed E-state index contributed by atoms with van der Waals surface area (Å²) in [6.45, 7) is 0. The van der Waals surface area contributed by atoms with Crippen molar-refractivity contribution < 1.29 is 9.53 Å². The molecule has 1 aromatic rings. The number of carbonyl (C=O) groups is 1. The molecule has 0 aliphatic carbocycles. The maximum absolute atomic E-state index is 11.1. The first-order chi connectivity index (χ1) is 7.08. The summed E-state index contributed by atoms with van der Waals surface area (Å²) in [5.74, 6) is -0.388. The molecule has 0 atom stereocenters.